The van der Waals surface area contributed by atoms with Gasteiger partial charge >= 0.3 is 6.18 Å². The van der Waals surface area contributed by atoms with E-state index in [0.717, 1.165) is 15.7 Å². The SMILES string of the molecule is FC(F)(F)c1ccc(Oc2ccc(I)cc2)nn1. The summed E-state index contributed by atoms with van der Waals surface area (Å²) in [7, 11) is 0. The van der Waals surface area contributed by atoms with Crippen molar-refractivity contribution in [1.29, 1.82) is 0 Å². The highest BCUT2D eigenvalue weighted by Crippen LogP contribution is 2.28. The molecule has 0 bridgehead atoms. The fraction of sp³-hybridized carbons (Fsp3) is 0.0909. The molecule has 7 heteroatoms. The van der Waals surface area contributed by atoms with Gasteiger partial charge in [-0.15, -0.1) is 10.2 Å². The molecule has 0 N–H and O–H groups in total. The van der Waals surface area contributed by atoms with Crippen molar-refractivity contribution < 1.29 is 17.9 Å². The summed E-state index contributed by atoms with van der Waals surface area (Å²) in [4.78, 5) is 0. The monoisotopic (exact) mass is 366 g/mol. The van der Waals surface area contributed by atoms with E-state index < -0.39 is 11.9 Å². The molecule has 1 heterocycles. The summed E-state index contributed by atoms with van der Waals surface area (Å²) in [6.45, 7) is 0. The fourth-order valence-electron chi connectivity index (χ4n) is 1.15. The Hall–Kier alpha value is -1.38. The highest BCUT2D eigenvalue weighted by atomic mass is 127. The van der Waals surface area contributed by atoms with Gasteiger partial charge in [0.1, 0.15) is 5.75 Å². The zero-order chi connectivity index (χ0) is 13.2. The molecule has 1 aromatic heterocycles. The first-order chi connectivity index (χ1) is 8.45. The van der Waals surface area contributed by atoms with Crippen molar-refractivity contribution in [3.8, 4) is 11.6 Å². The van der Waals surface area contributed by atoms with Crippen LogP contribution in [-0.2, 0) is 6.18 Å². The number of alkyl halides is 3. The van der Waals surface area contributed by atoms with Crippen LogP contribution in [0, 0.1) is 3.57 Å². The first kappa shape index (κ1) is 13.1. The normalized spacial score (nSPS) is 11.3. The van der Waals surface area contributed by atoms with Gasteiger partial charge in [0.25, 0.3) is 0 Å². The molecule has 2 rings (SSSR count). The summed E-state index contributed by atoms with van der Waals surface area (Å²) in [6.07, 6.45) is -4.49. The first-order valence-electron chi connectivity index (χ1n) is 4.79. The molecular weight excluding hydrogens is 360 g/mol. The number of rotatable bonds is 2. The number of benzene rings is 1. The van der Waals surface area contributed by atoms with Crippen LogP contribution in [0.15, 0.2) is 36.4 Å². The van der Waals surface area contributed by atoms with Gasteiger partial charge in [-0.2, -0.15) is 13.2 Å². The number of aromatic nitrogens is 2. The molecule has 0 saturated heterocycles. The molecule has 0 unspecified atom stereocenters. The van der Waals surface area contributed by atoms with E-state index >= 15 is 0 Å². The zero-order valence-electron chi connectivity index (χ0n) is 8.78. The second kappa shape index (κ2) is 5.09. The molecule has 94 valence electrons. The Balaban J connectivity index is 2.13. The lowest BCUT2D eigenvalue weighted by Gasteiger charge is -2.06. The van der Waals surface area contributed by atoms with E-state index in [2.05, 4.69) is 32.8 Å². The lowest BCUT2D eigenvalue weighted by molar-refractivity contribution is -0.141. The van der Waals surface area contributed by atoms with Crippen molar-refractivity contribution in [2.24, 2.45) is 0 Å². The predicted octanol–water partition coefficient (Wildman–Crippen LogP) is 3.89. The van der Waals surface area contributed by atoms with E-state index in [4.69, 9.17) is 4.74 Å². The Labute approximate surface area is 114 Å². The lowest BCUT2D eigenvalue weighted by atomic mass is 10.3. The Morgan fingerprint density at radius 3 is 2.11 bits per heavy atom. The summed E-state index contributed by atoms with van der Waals surface area (Å²) in [6, 6.07) is 8.98. The largest absolute Gasteiger partial charge is 0.438 e. The van der Waals surface area contributed by atoms with Crippen LogP contribution in [-0.4, -0.2) is 10.2 Å². The molecule has 0 spiro atoms. The molecule has 0 saturated carbocycles. The van der Waals surface area contributed by atoms with Gasteiger partial charge in [-0.3, -0.25) is 0 Å². The van der Waals surface area contributed by atoms with E-state index in [-0.39, 0.29) is 5.88 Å². The molecule has 0 aliphatic heterocycles. The van der Waals surface area contributed by atoms with Gasteiger partial charge in [-0.1, -0.05) is 0 Å². The third-order valence-corrected chi connectivity index (χ3v) is 2.69. The quantitative estimate of drug-likeness (QED) is 0.757. The number of hydrogen-bond acceptors (Lipinski definition) is 3. The van der Waals surface area contributed by atoms with Crippen molar-refractivity contribution in [1.82, 2.24) is 10.2 Å². The van der Waals surface area contributed by atoms with Crippen molar-refractivity contribution in [3.63, 3.8) is 0 Å². The van der Waals surface area contributed by atoms with Crippen molar-refractivity contribution in [2.45, 2.75) is 6.18 Å². The van der Waals surface area contributed by atoms with Crippen LogP contribution in [0.5, 0.6) is 11.6 Å². The van der Waals surface area contributed by atoms with Crippen LogP contribution in [0.2, 0.25) is 0 Å². The molecule has 0 atom stereocenters. The van der Waals surface area contributed by atoms with Gasteiger partial charge in [-0.25, -0.2) is 0 Å². The minimum absolute atomic E-state index is 0.0178. The highest BCUT2D eigenvalue weighted by Gasteiger charge is 2.32. The molecule has 2 aromatic rings. The fourth-order valence-corrected chi connectivity index (χ4v) is 1.51. The van der Waals surface area contributed by atoms with E-state index in [1.807, 2.05) is 12.1 Å². The molecule has 0 fully saturated rings. The van der Waals surface area contributed by atoms with Crippen LogP contribution in [0.25, 0.3) is 0 Å². The summed E-state index contributed by atoms with van der Waals surface area (Å²) >= 11 is 2.13. The van der Waals surface area contributed by atoms with E-state index in [1.165, 1.54) is 0 Å². The molecule has 0 amide bonds. The summed E-state index contributed by atoms with van der Waals surface area (Å²) in [5.74, 6) is 0.508. The van der Waals surface area contributed by atoms with Crippen LogP contribution in [0.3, 0.4) is 0 Å². The molecule has 3 nitrogen and oxygen atoms in total. The minimum atomic E-state index is -4.49. The van der Waals surface area contributed by atoms with Gasteiger partial charge < -0.3 is 4.74 Å². The maximum absolute atomic E-state index is 12.2. The third-order valence-electron chi connectivity index (χ3n) is 1.97. The molecule has 0 radical (unpaired) electrons. The Morgan fingerprint density at radius 1 is 0.944 bits per heavy atom. The average Bonchev–Trinajstić information content (AvgIpc) is 2.32. The zero-order valence-corrected chi connectivity index (χ0v) is 10.9. The standard InChI is InChI=1S/C11H6F3IN2O/c12-11(13,14)9-5-6-10(17-16-9)18-8-3-1-7(15)2-4-8/h1-6H. The number of halogens is 4. The van der Waals surface area contributed by atoms with Crippen LogP contribution in [0.1, 0.15) is 5.69 Å². The Kier molecular flexibility index (Phi) is 3.69. The van der Waals surface area contributed by atoms with Crippen LogP contribution in [0.4, 0.5) is 13.2 Å². The van der Waals surface area contributed by atoms with E-state index in [1.54, 1.807) is 12.1 Å². The Morgan fingerprint density at radius 2 is 1.61 bits per heavy atom. The van der Waals surface area contributed by atoms with Crippen molar-refractivity contribution in [3.05, 3.63) is 45.7 Å². The molecule has 0 aliphatic rings. The van der Waals surface area contributed by atoms with Crippen LogP contribution >= 0.6 is 22.6 Å². The van der Waals surface area contributed by atoms with E-state index in [0.29, 0.717) is 5.75 Å². The van der Waals surface area contributed by atoms with Gasteiger partial charge in [0.15, 0.2) is 5.69 Å². The summed E-state index contributed by atoms with van der Waals surface area (Å²) in [5, 5.41) is 6.43. The van der Waals surface area contributed by atoms with Crippen molar-refractivity contribution >= 4 is 22.6 Å². The third kappa shape index (κ3) is 3.31. The molecular formula is C11H6F3IN2O. The summed E-state index contributed by atoms with van der Waals surface area (Å²) < 4.78 is 43.0. The smallest absolute Gasteiger partial charge is 0.435 e. The first-order valence-corrected chi connectivity index (χ1v) is 5.87. The molecule has 0 aliphatic carbocycles. The second-order valence-electron chi connectivity index (χ2n) is 3.31. The topological polar surface area (TPSA) is 35.0 Å². The van der Waals surface area contributed by atoms with Crippen LogP contribution < -0.4 is 4.74 Å². The number of ether oxygens (including phenoxy) is 1. The minimum Gasteiger partial charge on any atom is -0.438 e. The molecule has 18 heavy (non-hydrogen) atoms. The predicted molar refractivity (Wildman–Crippen MR) is 66.3 cm³/mol. The number of hydrogen-bond donors (Lipinski definition) is 0. The van der Waals surface area contributed by atoms with Gasteiger partial charge in [0.2, 0.25) is 5.88 Å². The maximum Gasteiger partial charge on any atom is 0.435 e. The Bertz CT molecular complexity index is 525. The lowest BCUT2D eigenvalue weighted by Crippen LogP contribution is -2.08. The maximum atomic E-state index is 12.2. The van der Waals surface area contributed by atoms with Crippen molar-refractivity contribution in [2.75, 3.05) is 0 Å². The highest BCUT2D eigenvalue weighted by molar-refractivity contribution is 14.1. The second-order valence-corrected chi connectivity index (χ2v) is 4.56. The summed E-state index contributed by atoms with van der Waals surface area (Å²) in [5.41, 5.74) is -1.04. The van der Waals surface area contributed by atoms with Gasteiger partial charge in [-0.05, 0) is 52.9 Å². The number of nitrogens with zero attached hydrogens (tertiary/aromatic N) is 2. The van der Waals surface area contributed by atoms with Gasteiger partial charge in [0.05, 0.1) is 0 Å². The average molecular weight is 366 g/mol. The molecule has 1 aromatic carbocycles. The van der Waals surface area contributed by atoms with Gasteiger partial charge in [0, 0.05) is 9.64 Å². The van der Waals surface area contributed by atoms with E-state index in [9.17, 15) is 13.2 Å².